The summed E-state index contributed by atoms with van der Waals surface area (Å²) in [5.74, 6) is 1.51. The van der Waals surface area contributed by atoms with Gasteiger partial charge in [0, 0.05) is 17.5 Å². The lowest BCUT2D eigenvalue weighted by Crippen LogP contribution is -2.14. The Balaban J connectivity index is 1.88. The van der Waals surface area contributed by atoms with E-state index in [0.717, 1.165) is 33.7 Å². The molecule has 0 unspecified atom stereocenters. The second kappa shape index (κ2) is 6.92. The van der Waals surface area contributed by atoms with Crippen LogP contribution in [-0.2, 0) is 6.54 Å². The Hall–Kier alpha value is -4.19. The van der Waals surface area contributed by atoms with Gasteiger partial charge in [0.15, 0.2) is 11.3 Å². The molecule has 3 heterocycles. The largest absolute Gasteiger partial charge is 0.497 e. The van der Waals surface area contributed by atoms with Crippen molar-refractivity contribution in [3.63, 3.8) is 0 Å². The zero-order valence-corrected chi connectivity index (χ0v) is 17.7. The third-order valence-electron chi connectivity index (χ3n) is 6.02. The van der Waals surface area contributed by atoms with Crippen molar-refractivity contribution in [2.24, 2.45) is 0 Å². The average molecular weight is 420 g/mol. The Bertz CT molecular complexity index is 1710. The molecule has 3 aromatic carbocycles. The summed E-state index contributed by atoms with van der Waals surface area (Å²) >= 11 is 0. The van der Waals surface area contributed by atoms with Crippen LogP contribution in [0.5, 0.6) is 5.75 Å². The first-order valence-corrected chi connectivity index (χ1v) is 10.6. The van der Waals surface area contributed by atoms with Crippen molar-refractivity contribution in [2.75, 3.05) is 7.11 Å². The van der Waals surface area contributed by atoms with Gasteiger partial charge in [-0.2, -0.15) is 0 Å². The molecule has 0 saturated carbocycles. The maximum Gasteiger partial charge on any atom is 0.202 e. The summed E-state index contributed by atoms with van der Waals surface area (Å²) in [5.41, 5.74) is 4.76. The standard InChI is InChI=1S/C26H20N4O2/c1-3-29-20-10-6-4-8-18(20)23(31)22-25(29)28-24(16-12-14-17(32-2)15-13-16)30-21-11-7-5-9-19(21)27-26(22)30/h4-15H,3H2,1-2H3. The van der Waals surface area contributed by atoms with Gasteiger partial charge in [-0.05, 0) is 55.5 Å². The molecule has 156 valence electrons. The van der Waals surface area contributed by atoms with Crippen LogP contribution in [0.2, 0.25) is 0 Å². The molecule has 6 nitrogen and oxygen atoms in total. The number of hydrogen-bond acceptors (Lipinski definition) is 4. The number of benzene rings is 3. The van der Waals surface area contributed by atoms with E-state index in [-0.39, 0.29) is 5.43 Å². The summed E-state index contributed by atoms with van der Waals surface area (Å²) in [6.07, 6.45) is 0. The summed E-state index contributed by atoms with van der Waals surface area (Å²) in [5, 5.41) is 1.22. The van der Waals surface area contributed by atoms with Crippen molar-refractivity contribution in [2.45, 2.75) is 13.5 Å². The average Bonchev–Trinajstić information content (AvgIpc) is 3.23. The molecule has 0 atom stereocenters. The number of ether oxygens (including phenoxy) is 1. The number of aryl methyl sites for hydroxylation is 1. The van der Waals surface area contributed by atoms with Gasteiger partial charge in [-0.15, -0.1) is 0 Å². The highest BCUT2D eigenvalue weighted by molar-refractivity contribution is 6.02. The number of methoxy groups -OCH3 is 1. The molecular formula is C26H20N4O2. The fraction of sp³-hybridized carbons (Fsp3) is 0.115. The third-order valence-corrected chi connectivity index (χ3v) is 6.02. The number of pyridine rings is 1. The van der Waals surface area contributed by atoms with Crippen LogP contribution in [0.25, 0.3) is 50.0 Å². The Kier molecular flexibility index (Phi) is 4.01. The molecule has 0 radical (unpaired) electrons. The van der Waals surface area contributed by atoms with Crippen LogP contribution in [0.3, 0.4) is 0 Å². The fourth-order valence-electron chi connectivity index (χ4n) is 4.52. The summed E-state index contributed by atoms with van der Waals surface area (Å²) < 4.78 is 9.42. The van der Waals surface area contributed by atoms with E-state index >= 15 is 0 Å². The molecule has 3 aromatic heterocycles. The van der Waals surface area contributed by atoms with Gasteiger partial charge in [0.2, 0.25) is 5.43 Å². The zero-order chi connectivity index (χ0) is 21.8. The molecule has 0 saturated heterocycles. The smallest absolute Gasteiger partial charge is 0.202 e. The Morgan fingerprint density at radius 2 is 1.56 bits per heavy atom. The van der Waals surface area contributed by atoms with Crippen LogP contribution in [0.1, 0.15) is 6.92 Å². The summed E-state index contributed by atoms with van der Waals surface area (Å²) in [4.78, 5) is 23.6. The molecule has 0 N–H and O–H groups in total. The maximum absolute atomic E-state index is 13.7. The fourth-order valence-corrected chi connectivity index (χ4v) is 4.52. The van der Waals surface area contributed by atoms with Crippen LogP contribution < -0.4 is 10.2 Å². The highest BCUT2D eigenvalue weighted by Crippen LogP contribution is 2.30. The molecule has 0 spiro atoms. The normalized spacial score (nSPS) is 11.7. The molecule has 0 aliphatic rings. The highest BCUT2D eigenvalue weighted by atomic mass is 16.5. The van der Waals surface area contributed by atoms with E-state index in [1.165, 1.54) is 0 Å². The van der Waals surface area contributed by atoms with Crippen molar-refractivity contribution < 1.29 is 4.74 Å². The van der Waals surface area contributed by atoms with Crippen molar-refractivity contribution in [1.82, 2.24) is 18.9 Å². The predicted molar refractivity (Wildman–Crippen MR) is 127 cm³/mol. The van der Waals surface area contributed by atoms with E-state index < -0.39 is 0 Å². The van der Waals surface area contributed by atoms with Crippen LogP contribution in [0, 0.1) is 0 Å². The summed E-state index contributed by atoms with van der Waals surface area (Å²) in [6, 6.07) is 23.4. The first-order valence-electron chi connectivity index (χ1n) is 10.6. The lowest BCUT2D eigenvalue weighted by Gasteiger charge is -2.15. The molecule has 0 aliphatic heterocycles. The third kappa shape index (κ3) is 2.49. The molecule has 6 aromatic rings. The van der Waals surface area contributed by atoms with Gasteiger partial charge >= 0.3 is 0 Å². The van der Waals surface area contributed by atoms with Crippen LogP contribution >= 0.6 is 0 Å². The summed E-state index contributed by atoms with van der Waals surface area (Å²) in [7, 11) is 1.65. The van der Waals surface area contributed by atoms with Crippen LogP contribution in [0.15, 0.2) is 77.6 Å². The molecule has 6 heteroatoms. The summed E-state index contributed by atoms with van der Waals surface area (Å²) in [6.45, 7) is 2.75. The first kappa shape index (κ1) is 18.6. The number of aromatic nitrogens is 4. The Morgan fingerprint density at radius 3 is 2.31 bits per heavy atom. The van der Waals surface area contributed by atoms with E-state index in [2.05, 4.69) is 11.5 Å². The number of para-hydroxylation sites is 3. The van der Waals surface area contributed by atoms with Gasteiger partial charge in [0.25, 0.3) is 0 Å². The molecule has 0 aliphatic carbocycles. The van der Waals surface area contributed by atoms with Crippen LogP contribution in [-0.4, -0.2) is 26.0 Å². The molecule has 0 amide bonds. The lowest BCUT2D eigenvalue weighted by atomic mass is 10.1. The molecule has 6 rings (SSSR count). The number of hydrogen-bond donors (Lipinski definition) is 0. The zero-order valence-electron chi connectivity index (χ0n) is 17.7. The highest BCUT2D eigenvalue weighted by Gasteiger charge is 2.20. The molecule has 32 heavy (non-hydrogen) atoms. The molecule has 0 fully saturated rings. The minimum Gasteiger partial charge on any atom is -0.497 e. The second-order valence-electron chi connectivity index (χ2n) is 7.71. The second-order valence-corrected chi connectivity index (χ2v) is 7.71. The number of imidazole rings is 1. The number of fused-ring (bicyclic) bond motifs is 6. The quantitative estimate of drug-likeness (QED) is 0.376. The Morgan fingerprint density at radius 1 is 0.844 bits per heavy atom. The predicted octanol–water partition coefficient (Wildman–Crippen LogP) is 5.05. The van der Waals surface area contributed by atoms with Crippen molar-refractivity contribution in [3.05, 3.63) is 83.0 Å². The van der Waals surface area contributed by atoms with E-state index in [4.69, 9.17) is 14.7 Å². The number of rotatable bonds is 3. The van der Waals surface area contributed by atoms with Crippen molar-refractivity contribution >= 4 is 38.6 Å². The van der Waals surface area contributed by atoms with E-state index in [1.54, 1.807) is 7.11 Å². The van der Waals surface area contributed by atoms with E-state index in [1.807, 2.05) is 77.2 Å². The van der Waals surface area contributed by atoms with Gasteiger partial charge in [-0.25, -0.2) is 9.97 Å². The van der Waals surface area contributed by atoms with Gasteiger partial charge < -0.3 is 9.30 Å². The SMILES string of the molecule is CCn1c2ccccc2c(=O)c2c1nc(-c1ccc(OC)cc1)n1c3ccccc3nc21. The van der Waals surface area contributed by atoms with Gasteiger partial charge in [0.05, 0.1) is 23.7 Å². The van der Waals surface area contributed by atoms with Gasteiger partial charge in [0.1, 0.15) is 17.0 Å². The maximum atomic E-state index is 13.7. The van der Waals surface area contributed by atoms with Crippen molar-refractivity contribution in [3.8, 4) is 17.1 Å². The lowest BCUT2D eigenvalue weighted by molar-refractivity contribution is 0.415. The van der Waals surface area contributed by atoms with E-state index in [9.17, 15) is 4.79 Å². The van der Waals surface area contributed by atoms with Crippen LogP contribution in [0.4, 0.5) is 0 Å². The topological polar surface area (TPSA) is 61.4 Å². The molecular weight excluding hydrogens is 400 g/mol. The minimum absolute atomic E-state index is 0.0469. The van der Waals surface area contributed by atoms with Gasteiger partial charge in [-0.3, -0.25) is 9.20 Å². The van der Waals surface area contributed by atoms with Gasteiger partial charge in [-0.1, -0.05) is 24.3 Å². The monoisotopic (exact) mass is 420 g/mol. The first-order chi connectivity index (χ1) is 15.7. The van der Waals surface area contributed by atoms with Crippen molar-refractivity contribution in [1.29, 1.82) is 0 Å². The number of nitrogens with zero attached hydrogens (tertiary/aromatic N) is 4. The Labute approximate surface area is 183 Å². The van der Waals surface area contributed by atoms with E-state index in [0.29, 0.717) is 28.6 Å². The minimum atomic E-state index is -0.0469. The molecule has 0 bridgehead atoms.